The number of primary amides is 1. The zero-order valence-corrected chi connectivity index (χ0v) is 17.6. The number of likely N-dealkylation sites (N-methyl/N-ethyl adjacent to an activating group) is 1. The van der Waals surface area contributed by atoms with Crippen LogP contribution in [0, 0.1) is 11.8 Å². The van der Waals surface area contributed by atoms with Gasteiger partial charge in [0, 0.05) is 11.5 Å². The van der Waals surface area contributed by atoms with Gasteiger partial charge in [-0.25, -0.2) is 0 Å². The number of ketones is 2. The van der Waals surface area contributed by atoms with Crippen molar-refractivity contribution in [1.82, 2.24) is 4.90 Å². The normalized spacial score (nSPS) is 34.4. The number of benzene rings is 1. The summed E-state index contributed by atoms with van der Waals surface area (Å²) < 4.78 is 0. The molecule has 1 amide bonds. The Kier molecular flexibility index (Phi) is 4.74. The van der Waals surface area contributed by atoms with Gasteiger partial charge in [-0.05, 0) is 31.6 Å². The fraction of sp³-hybridized carbons (Fsp3) is 0.409. The highest BCUT2D eigenvalue weighted by atomic mass is 16.4. The summed E-state index contributed by atoms with van der Waals surface area (Å²) in [6.45, 7) is 1.68. The third kappa shape index (κ3) is 2.48. The van der Waals surface area contributed by atoms with Crippen molar-refractivity contribution in [2.75, 3.05) is 14.1 Å². The summed E-state index contributed by atoms with van der Waals surface area (Å²) in [5, 5.41) is 54.9. The number of phenolic OH excluding ortho intramolecular Hbond substituents is 1. The van der Waals surface area contributed by atoms with Gasteiger partial charge in [0.2, 0.25) is 5.78 Å². The second kappa shape index (κ2) is 6.89. The molecule has 0 bridgehead atoms. The Labute approximate surface area is 182 Å². The van der Waals surface area contributed by atoms with Crippen molar-refractivity contribution in [3.05, 3.63) is 46.2 Å². The van der Waals surface area contributed by atoms with Gasteiger partial charge in [0.15, 0.2) is 11.4 Å². The summed E-state index contributed by atoms with van der Waals surface area (Å²) in [7, 11) is 2.92. The number of carbonyl (C=O) groups is 3. The monoisotopic (exact) mass is 444 g/mol. The summed E-state index contributed by atoms with van der Waals surface area (Å²) in [5.41, 5.74) is 1.47. The molecule has 1 saturated carbocycles. The standard InChI is InChI=1S/C22H24N2O8/c1-7-8-5-4-6-9(25)11(8)16(26)12-10(7)17(27)14-15(24(2)3)18(28)13(21(23)31)20(30)22(14,32)19(12)29/h4-7,10,14-15,17,25-27,30,32H,1-3H3,(H2,23,31)/t7-,10+,14-,15+,17-,22+/m1/s1. The highest BCUT2D eigenvalue weighted by molar-refractivity contribution is 6.24. The summed E-state index contributed by atoms with van der Waals surface area (Å²) in [5.74, 6) is -8.87. The van der Waals surface area contributed by atoms with Crippen LogP contribution in [0.2, 0.25) is 0 Å². The number of hydrogen-bond donors (Lipinski definition) is 6. The molecule has 1 fully saturated rings. The number of aliphatic hydroxyl groups excluding tert-OH is 3. The van der Waals surface area contributed by atoms with Gasteiger partial charge in [-0.1, -0.05) is 19.1 Å². The zero-order valence-electron chi connectivity index (χ0n) is 17.6. The molecule has 0 radical (unpaired) electrons. The van der Waals surface area contributed by atoms with Crippen LogP contribution in [-0.2, 0) is 14.4 Å². The molecule has 0 aromatic heterocycles. The predicted molar refractivity (Wildman–Crippen MR) is 110 cm³/mol. The number of Topliss-reactive ketones (excluding diaryl/α,β-unsaturated/α-hetero) is 2. The number of amides is 1. The van der Waals surface area contributed by atoms with E-state index < -0.39 is 75.6 Å². The van der Waals surface area contributed by atoms with E-state index in [1.807, 2.05) is 0 Å². The Morgan fingerprint density at radius 1 is 1.16 bits per heavy atom. The molecule has 6 atom stereocenters. The second-order valence-corrected chi connectivity index (χ2v) is 8.79. The minimum absolute atomic E-state index is 0.0245. The highest BCUT2D eigenvalue weighted by Crippen LogP contribution is 2.55. The first-order valence-corrected chi connectivity index (χ1v) is 10.0. The minimum atomic E-state index is -2.89. The molecule has 0 heterocycles. The lowest BCUT2D eigenvalue weighted by Gasteiger charge is -2.53. The van der Waals surface area contributed by atoms with Crippen LogP contribution in [0.3, 0.4) is 0 Å². The lowest BCUT2D eigenvalue weighted by atomic mass is 9.54. The Hall–Kier alpha value is -3.21. The number of nitrogens with two attached hydrogens (primary N) is 1. The van der Waals surface area contributed by atoms with Crippen molar-refractivity contribution in [1.29, 1.82) is 0 Å². The van der Waals surface area contributed by atoms with Crippen molar-refractivity contribution < 1.29 is 39.9 Å². The lowest BCUT2D eigenvalue weighted by Crippen LogP contribution is -2.70. The van der Waals surface area contributed by atoms with Gasteiger partial charge in [0.25, 0.3) is 5.91 Å². The molecule has 10 nitrogen and oxygen atoms in total. The van der Waals surface area contributed by atoms with E-state index >= 15 is 0 Å². The maximum Gasteiger partial charge on any atom is 0.255 e. The molecule has 32 heavy (non-hydrogen) atoms. The number of hydrogen-bond acceptors (Lipinski definition) is 9. The van der Waals surface area contributed by atoms with E-state index in [0.717, 1.165) is 0 Å². The molecule has 0 aliphatic heterocycles. The van der Waals surface area contributed by atoms with Crippen LogP contribution in [0.4, 0.5) is 0 Å². The number of aromatic hydroxyl groups is 1. The molecule has 3 aliphatic carbocycles. The maximum absolute atomic E-state index is 13.7. The first-order valence-electron chi connectivity index (χ1n) is 10.0. The number of aliphatic hydroxyl groups is 4. The Balaban J connectivity index is 2.07. The van der Waals surface area contributed by atoms with Crippen molar-refractivity contribution in [2.24, 2.45) is 17.6 Å². The molecule has 1 aromatic carbocycles. The molecule has 0 unspecified atom stereocenters. The Morgan fingerprint density at radius 3 is 2.34 bits per heavy atom. The van der Waals surface area contributed by atoms with Gasteiger partial charge >= 0.3 is 0 Å². The van der Waals surface area contributed by atoms with Gasteiger partial charge < -0.3 is 31.3 Å². The van der Waals surface area contributed by atoms with E-state index in [4.69, 9.17) is 5.73 Å². The Morgan fingerprint density at radius 2 is 1.78 bits per heavy atom. The van der Waals surface area contributed by atoms with E-state index in [0.29, 0.717) is 5.56 Å². The van der Waals surface area contributed by atoms with Crippen molar-refractivity contribution in [2.45, 2.75) is 30.6 Å². The van der Waals surface area contributed by atoms with Crippen LogP contribution in [0.1, 0.15) is 24.0 Å². The summed E-state index contributed by atoms with van der Waals surface area (Å²) in [6.07, 6.45) is -1.59. The first-order chi connectivity index (χ1) is 14.9. The molecule has 10 heteroatoms. The summed E-state index contributed by atoms with van der Waals surface area (Å²) >= 11 is 0. The van der Waals surface area contributed by atoms with Crippen molar-refractivity contribution in [3.63, 3.8) is 0 Å². The van der Waals surface area contributed by atoms with Gasteiger partial charge in [-0.3, -0.25) is 19.3 Å². The van der Waals surface area contributed by atoms with Crippen LogP contribution >= 0.6 is 0 Å². The molecular weight excluding hydrogens is 420 g/mol. The van der Waals surface area contributed by atoms with Crippen LogP contribution in [0.15, 0.2) is 35.1 Å². The van der Waals surface area contributed by atoms with E-state index in [9.17, 15) is 39.9 Å². The first kappa shape index (κ1) is 22.0. The second-order valence-electron chi connectivity index (χ2n) is 8.79. The molecule has 170 valence electrons. The summed E-state index contributed by atoms with van der Waals surface area (Å²) in [6, 6.07) is 3.13. The summed E-state index contributed by atoms with van der Waals surface area (Å²) in [4.78, 5) is 40.0. The SMILES string of the molecule is C[C@@H]1c2cccc(O)c2C(O)=C2C(=O)[C@]3(O)C(O)=C(C(N)=O)C(=O)[C@@H](N(C)C)[C@@H]3[C@H](O)[C@H]21. The van der Waals surface area contributed by atoms with Crippen LogP contribution in [0.5, 0.6) is 5.75 Å². The topological polar surface area (TPSA) is 182 Å². The fourth-order valence-corrected chi connectivity index (χ4v) is 5.58. The van der Waals surface area contributed by atoms with Crippen LogP contribution in [0.25, 0.3) is 5.76 Å². The molecule has 3 aliphatic rings. The van der Waals surface area contributed by atoms with Crippen molar-refractivity contribution in [3.8, 4) is 5.75 Å². The van der Waals surface area contributed by atoms with Gasteiger partial charge in [0.05, 0.1) is 23.6 Å². The molecule has 0 saturated heterocycles. The maximum atomic E-state index is 13.7. The largest absolute Gasteiger partial charge is 0.508 e. The average Bonchev–Trinajstić information content (AvgIpc) is 2.70. The number of carbonyl (C=O) groups excluding carboxylic acids is 3. The molecule has 4 rings (SSSR count). The third-order valence-corrected chi connectivity index (χ3v) is 6.99. The van der Waals surface area contributed by atoms with E-state index in [1.165, 1.54) is 25.1 Å². The minimum Gasteiger partial charge on any atom is -0.508 e. The van der Waals surface area contributed by atoms with Crippen LogP contribution in [-0.4, -0.2) is 79.7 Å². The van der Waals surface area contributed by atoms with E-state index in [-0.39, 0.29) is 11.3 Å². The molecule has 7 N–H and O–H groups in total. The van der Waals surface area contributed by atoms with Gasteiger partial charge in [-0.15, -0.1) is 0 Å². The van der Waals surface area contributed by atoms with Crippen molar-refractivity contribution >= 4 is 23.2 Å². The third-order valence-electron chi connectivity index (χ3n) is 6.99. The number of phenols is 1. The molecule has 1 aromatic rings. The smallest absolute Gasteiger partial charge is 0.255 e. The number of nitrogens with zero attached hydrogens (tertiary/aromatic N) is 1. The van der Waals surface area contributed by atoms with Gasteiger partial charge in [0.1, 0.15) is 22.8 Å². The molecule has 0 spiro atoms. The van der Waals surface area contributed by atoms with Gasteiger partial charge in [-0.2, -0.15) is 0 Å². The quantitative estimate of drug-likeness (QED) is 0.327. The zero-order chi connectivity index (χ0) is 23.9. The number of fused-ring (bicyclic) bond motifs is 3. The fourth-order valence-electron chi connectivity index (χ4n) is 5.58. The highest BCUT2D eigenvalue weighted by Gasteiger charge is 2.68. The molecular formula is C22H24N2O8. The van der Waals surface area contributed by atoms with Crippen LogP contribution < -0.4 is 5.73 Å². The average molecular weight is 444 g/mol. The number of rotatable bonds is 2. The van der Waals surface area contributed by atoms with E-state index in [2.05, 4.69) is 0 Å². The van der Waals surface area contributed by atoms with E-state index in [1.54, 1.807) is 19.1 Å². The predicted octanol–water partition coefficient (Wildman–Crippen LogP) is -0.504. The Bertz CT molecular complexity index is 1140. The lowest BCUT2D eigenvalue weighted by molar-refractivity contribution is -0.169.